The molecule has 2 aromatic carbocycles. The van der Waals surface area contributed by atoms with E-state index < -0.39 is 22.0 Å². The fourth-order valence-electron chi connectivity index (χ4n) is 3.36. The molecule has 0 amide bonds. The van der Waals surface area contributed by atoms with E-state index in [2.05, 4.69) is 35.8 Å². The Morgan fingerprint density at radius 3 is 2.26 bits per heavy atom. The third kappa shape index (κ3) is 7.03. The molecule has 0 saturated carbocycles. The fourth-order valence-corrected chi connectivity index (χ4v) is 4.70. The minimum atomic E-state index is -3.88. The smallest absolute Gasteiger partial charge is 0.322 e. The molecule has 9 heteroatoms. The van der Waals surface area contributed by atoms with Crippen molar-refractivity contribution in [2.45, 2.75) is 43.5 Å². The summed E-state index contributed by atoms with van der Waals surface area (Å²) in [6.45, 7) is 6.09. The highest BCUT2D eigenvalue weighted by atomic mass is 35.5. The molecule has 0 aliphatic carbocycles. The van der Waals surface area contributed by atoms with Crippen LogP contribution in [-0.2, 0) is 26.7 Å². The van der Waals surface area contributed by atoms with Gasteiger partial charge in [0.2, 0.25) is 10.0 Å². The number of aliphatic carboxylic acids is 1. The SMILES string of the molecule is CC(C)(C)c1ccc(CC(NS(=O)(=O)c2ccc(Cl)cc2)c2cccc(NCC(=O)O)n2)cc1. The van der Waals surface area contributed by atoms with E-state index in [1.54, 1.807) is 18.2 Å². The zero-order valence-electron chi connectivity index (χ0n) is 19.2. The zero-order chi connectivity index (χ0) is 24.9. The number of nitrogens with one attached hydrogen (secondary N) is 2. The average molecular weight is 502 g/mol. The zero-order valence-corrected chi connectivity index (χ0v) is 20.8. The third-order valence-electron chi connectivity index (χ3n) is 5.23. The van der Waals surface area contributed by atoms with Gasteiger partial charge < -0.3 is 10.4 Å². The molecule has 0 bridgehead atoms. The molecule has 0 spiro atoms. The molecule has 1 unspecified atom stereocenters. The number of carbonyl (C=O) groups is 1. The van der Waals surface area contributed by atoms with Crippen LogP contribution in [0.2, 0.25) is 5.02 Å². The normalized spacial score (nSPS) is 12.8. The van der Waals surface area contributed by atoms with Crippen LogP contribution in [0.25, 0.3) is 0 Å². The number of anilines is 1. The summed E-state index contributed by atoms with van der Waals surface area (Å²) in [5.41, 5.74) is 2.57. The van der Waals surface area contributed by atoms with E-state index in [0.29, 0.717) is 23.0 Å². The summed E-state index contributed by atoms with van der Waals surface area (Å²) in [7, 11) is -3.88. The number of aromatic nitrogens is 1. The minimum absolute atomic E-state index is 0.000197. The lowest BCUT2D eigenvalue weighted by atomic mass is 9.86. The standard InChI is InChI=1S/C25H28ClN3O4S/c1-25(2,3)18-9-7-17(8-10-18)15-22(21-5-4-6-23(28-21)27-16-24(30)31)29-34(32,33)20-13-11-19(26)12-14-20/h4-14,22,29H,15-16H2,1-3H3,(H,27,28)(H,30,31). The first-order chi connectivity index (χ1) is 15.9. The van der Waals surface area contributed by atoms with Gasteiger partial charge in [-0.05, 0) is 59.4 Å². The Balaban J connectivity index is 1.93. The highest BCUT2D eigenvalue weighted by Gasteiger charge is 2.24. The number of nitrogens with zero attached hydrogens (tertiary/aromatic N) is 1. The Bertz CT molecular complexity index is 1240. The van der Waals surface area contributed by atoms with E-state index in [0.717, 1.165) is 5.56 Å². The maximum Gasteiger partial charge on any atom is 0.322 e. The van der Waals surface area contributed by atoms with Crippen LogP contribution in [0.3, 0.4) is 0 Å². The van der Waals surface area contributed by atoms with Gasteiger partial charge in [0.1, 0.15) is 12.4 Å². The highest BCUT2D eigenvalue weighted by Crippen LogP contribution is 2.26. The molecular formula is C25H28ClN3O4S. The maximum absolute atomic E-state index is 13.1. The van der Waals surface area contributed by atoms with E-state index in [1.165, 1.54) is 29.8 Å². The van der Waals surface area contributed by atoms with E-state index in [1.807, 2.05) is 24.3 Å². The molecule has 0 radical (unpaired) electrons. The van der Waals surface area contributed by atoms with Crippen molar-refractivity contribution in [2.75, 3.05) is 11.9 Å². The number of rotatable bonds is 9. The molecule has 34 heavy (non-hydrogen) atoms. The summed E-state index contributed by atoms with van der Waals surface area (Å²) >= 11 is 5.91. The van der Waals surface area contributed by atoms with Crippen LogP contribution in [0.4, 0.5) is 5.82 Å². The Kier molecular flexibility index (Phi) is 7.97. The first-order valence-corrected chi connectivity index (χ1v) is 12.6. The van der Waals surface area contributed by atoms with Crippen molar-refractivity contribution in [1.82, 2.24) is 9.71 Å². The highest BCUT2D eigenvalue weighted by molar-refractivity contribution is 7.89. The van der Waals surface area contributed by atoms with Gasteiger partial charge >= 0.3 is 5.97 Å². The molecule has 3 N–H and O–H groups in total. The summed E-state index contributed by atoms with van der Waals surface area (Å²) in [5, 5.41) is 12.1. The molecule has 1 aromatic heterocycles. The molecule has 0 saturated heterocycles. The van der Waals surface area contributed by atoms with Gasteiger partial charge in [0, 0.05) is 5.02 Å². The lowest BCUT2D eigenvalue weighted by Gasteiger charge is -2.21. The Hall–Kier alpha value is -2.94. The van der Waals surface area contributed by atoms with E-state index in [-0.39, 0.29) is 16.9 Å². The first-order valence-electron chi connectivity index (χ1n) is 10.7. The van der Waals surface area contributed by atoms with Crippen LogP contribution >= 0.6 is 11.6 Å². The molecule has 180 valence electrons. The second kappa shape index (κ2) is 10.5. The number of halogens is 1. The molecule has 0 aliphatic heterocycles. The van der Waals surface area contributed by atoms with E-state index in [4.69, 9.17) is 16.7 Å². The van der Waals surface area contributed by atoms with E-state index in [9.17, 15) is 13.2 Å². The Morgan fingerprint density at radius 1 is 1.03 bits per heavy atom. The van der Waals surface area contributed by atoms with Gasteiger partial charge in [-0.25, -0.2) is 18.1 Å². The van der Waals surface area contributed by atoms with Gasteiger partial charge in [0.05, 0.1) is 16.6 Å². The van der Waals surface area contributed by atoms with Gasteiger partial charge in [-0.2, -0.15) is 0 Å². The number of hydrogen-bond acceptors (Lipinski definition) is 5. The number of pyridine rings is 1. The predicted octanol–water partition coefficient (Wildman–Crippen LogP) is 4.79. The number of hydrogen-bond donors (Lipinski definition) is 3. The van der Waals surface area contributed by atoms with Crippen LogP contribution in [0, 0.1) is 0 Å². The number of sulfonamides is 1. The third-order valence-corrected chi connectivity index (χ3v) is 6.97. The van der Waals surface area contributed by atoms with Gasteiger partial charge in [0.25, 0.3) is 0 Å². The van der Waals surface area contributed by atoms with Crippen molar-refractivity contribution in [3.8, 4) is 0 Å². The van der Waals surface area contributed by atoms with Gasteiger partial charge in [-0.3, -0.25) is 4.79 Å². The summed E-state index contributed by atoms with van der Waals surface area (Å²) in [6.07, 6.45) is 0.354. The van der Waals surface area contributed by atoms with Crippen molar-refractivity contribution in [3.05, 3.63) is 88.6 Å². The van der Waals surface area contributed by atoms with Gasteiger partial charge in [0.15, 0.2) is 0 Å². The largest absolute Gasteiger partial charge is 0.480 e. The molecule has 0 aliphatic rings. The topological polar surface area (TPSA) is 108 Å². The monoisotopic (exact) mass is 501 g/mol. The lowest BCUT2D eigenvalue weighted by Crippen LogP contribution is -2.31. The van der Waals surface area contributed by atoms with Crippen LogP contribution in [0.1, 0.15) is 43.6 Å². The maximum atomic E-state index is 13.1. The predicted molar refractivity (Wildman–Crippen MR) is 134 cm³/mol. The second-order valence-electron chi connectivity index (χ2n) is 8.97. The van der Waals surface area contributed by atoms with Crippen molar-refractivity contribution < 1.29 is 18.3 Å². The molecule has 1 atom stereocenters. The minimum Gasteiger partial charge on any atom is -0.480 e. The summed E-state index contributed by atoms with van der Waals surface area (Å²) in [6, 6.07) is 18.3. The second-order valence-corrected chi connectivity index (χ2v) is 11.1. The fraction of sp³-hybridized carbons (Fsp3) is 0.280. The van der Waals surface area contributed by atoms with Gasteiger partial charge in [-0.1, -0.05) is 62.7 Å². The van der Waals surface area contributed by atoms with Crippen molar-refractivity contribution >= 4 is 33.4 Å². The van der Waals surface area contributed by atoms with E-state index >= 15 is 0 Å². The molecule has 7 nitrogen and oxygen atoms in total. The molecule has 3 aromatic rings. The average Bonchev–Trinajstić information content (AvgIpc) is 2.77. The van der Waals surface area contributed by atoms with Crippen molar-refractivity contribution in [2.24, 2.45) is 0 Å². The Morgan fingerprint density at radius 2 is 1.68 bits per heavy atom. The number of benzene rings is 2. The summed E-state index contributed by atoms with van der Waals surface area (Å²) in [5.74, 6) is -0.676. The quantitative estimate of drug-likeness (QED) is 0.389. The van der Waals surface area contributed by atoms with Crippen LogP contribution in [0.15, 0.2) is 71.6 Å². The first kappa shape index (κ1) is 25.7. The van der Waals surface area contributed by atoms with Gasteiger partial charge in [-0.15, -0.1) is 0 Å². The van der Waals surface area contributed by atoms with Crippen LogP contribution in [-0.4, -0.2) is 31.0 Å². The van der Waals surface area contributed by atoms with Crippen molar-refractivity contribution in [3.63, 3.8) is 0 Å². The molecular weight excluding hydrogens is 474 g/mol. The van der Waals surface area contributed by atoms with Crippen LogP contribution < -0.4 is 10.0 Å². The summed E-state index contributed by atoms with van der Waals surface area (Å²) in [4.78, 5) is 15.5. The van der Waals surface area contributed by atoms with Crippen LogP contribution in [0.5, 0.6) is 0 Å². The lowest BCUT2D eigenvalue weighted by molar-refractivity contribution is -0.134. The molecule has 1 heterocycles. The number of carboxylic acids is 1. The van der Waals surface area contributed by atoms with Crippen molar-refractivity contribution in [1.29, 1.82) is 0 Å². The number of carboxylic acid groups (broad SMARTS) is 1. The molecule has 3 rings (SSSR count). The summed E-state index contributed by atoms with van der Waals surface area (Å²) < 4.78 is 29.0. The molecule has 0 fully saturated rings. The Labute approximate surface area is 205 Å².